The molecule has 1 aliphatic carbocycles. The van der Waals surface area contributed by atoms with E-state index in [1.165, 1.54) is 12.8 Å². The molecule has 2 rings (SSSR count). The van der Waals surface area contributed by atoms with Crippen LogP contribution in [0.1, 0.15) is 24.3 Å². The zero-order valence-corrected chi connectivity index (χ0v) is 6.12. The number of hydrogen-bond acceptors (Lipinski definition) is 4. The van der Waals surface area contributed by atoms with Crippen LogP contribution in [0.2, 0.25) is 0 Å². The molecule has 0 aromatic carbocycles. The Morgan fingerprint density at radius 1 is 1.36 bits per heavy atom. The van der Waals surface area contributed by atoms with Crippen LogP contribution in [0.25, 0.3) is 0 Å². The van der Waals surface area contributed by atoms with Crippen molar-refractivity contribution in [2.24, 2.45) is 0 Å². The molecule has 0 unspecified atom stereocenters. The number of aromatic nitrogens is 2. The SMILES string of the molecule is Nc1ncc(C2CC2)c(N)n1. The second-order valence-corrected chi connectivity index (χ2v) is 2.84. The number of nitrogen functional groups attached to an aromatic ring is 2. The normalized spacial score (nSPS) is 16.7. The van der Waals surface area contributed by atoms with Gasteiger partial charge in [0.25, 0.3) is 0 Å². The molecule has 0 saturated heterocycles. The maximum atomic E-state index is 5.63. The van der Waals surface area contributed by atoms with E-state index in [1.54, 1.807) is 6.20 Å². The fourth-order valence-electron chi connectivity index (χ4n) is 1.13. The van der Waals surface area contributed by atoms with E-state index in [9.17, 15) is 0 Å². The maximum Gasteiger partial charge on any atom is 0.221 e. The quantitative estimate of drug-likeness (QED) is 0.611. The summed E-state index contributed by atoms with van der Waals surface area (Å²) in [6, 6.07) is 0. The molecule has 1 saturated carbocycles. The van der Waals surface area contributed by atoms with Gasteiger partial charge in [-0.05, 0) is 18.8 Å². The molecular weight excluding hydrogens is 140 g/mol. The standard InChI is InChI=1S/C7H10N4/c8-6-5(4-1-2-4)3-10-7(9)11-6/h3-4H,1-2H2,(H4,8,9,10,11). The van der Waals surface area contributed by atoms with E-state index >= 15 is 0 Å². The Bertz CT molecular complexity index is 280. The van der Waals surface area contributed by atoms with Crippen molar-refractivity contribution in [3.63, 3.8) is 0 Å². The molecule has 58 valence electrons. The Morgan fingerprint density at radius 2 is 2.09 bits per heavy atom. The zero-order valence-electron chi connectivity index (χ0n) is 6.12. The zero-order chi connectivity index (χ0) is 7.84. The lowest BCUT2D eigenvalue weighted by molar-refractivity contribution is 1.05. The predicted molar refractivity (Wildman–Crippen MR) is 42.8 cm³/mol. The molecule has 0 atom stereocenters. The summed E-state index contributed by atoms with van der Waals surface area (Å²) in [7, 11) is 0. The van der Waals surface area contributed by atoms with E-state index < -0.39 is 0 Å². The summed E-state index contributed by atoms with van der Waals surface area (Å²) in [5, 5.41) is 0. The van der Waals surface area contributed by atoms with E-state index in [1.807, 2.05) is 0 Å². The molecule has 1 heterocycles. The molecule has 1 aromatic rings. The molecule has 0 amide bonds. The third-order valence-corrected chi connectivity index (χ3v) is 1.88. The highest BCUT2D eigenvalue weighted by Crippen LogP contribution is 2.41. The number of anilines is 2. The van der Waals surface area contributed by atoms with Gasteiger partial charge in [-0.15, -0.1) is 0 Å². The lowest BCUT2D eigenvalue weighted by atomic mass is 10.2. The smallest absolute Gasteiger partial charge is 0.221 e. The van der Waals surface area contributed by atoms with Crippen molar-refractivity contribution in [2.45, 2.75) is 18.8 Å². The lowest BCUT2D eigenvalue weighted by Crippen LogP contribution is -2.02. The third-order valence-electron chi connectivity index (χ3n) is 1.88. The van der Waals surface area contributed by atoms with Crippen molar-refractivity contribution in [1.82, 2.24) is 9.97 Å². The molecule has 0 spiro atoms. The van der Waals surface area contributed by atoms with Crippen molar-refractivity contribution in [2.75, 3.05) is 11.5 Å². The van der Waals surface area contributed by atoms with Gasteiger partial charge in [-0.1, -0.05) is 0 Å². The topological polar surface area (TPSA) is 77.8 Å². The van der Waals surface area contributed by atoms with Crippen LogP contribution < -0.4 is 11.5 Å². The molecule has 1 aliphatic rings. The van der Waals surface area contributed by atoms with Gasteiger partial charge < -0.3 is 11.5 Å². The maximum absolute atomic E-state index is 5.63. The molecule has 4 N–H and O–H groups in total. The summed E-state index contributed by atoms with van der Waals surface area (Å²) in [4.78, 5) is 7.77. The molecule has 0 bridgehead atoms. The average Bonchev–Trinajstić information content (AvgIpc) is 2.70. The summed E-state index contributed by atoms with van der Waals surface area (Å²) in [5.41, 5.74) is 12.0. The second kappa shape index (κ2) is 2.08. The molecular formula is C7H10N4. The van der Waals surface area contributed by atoms with Crippen LogP contribution in [0.15, 0.2) is 6.20 Å². The predicted octanol–water partition coefficient (Wildman–Crippen LogP) is 0.518. The summed E-state index contributed by atoms with van der Waals surface area (Å²) < 4.78 is 0. The number of rotatable bonds is 1. The van der Waals surface area contributed by atoms with Gasteiger partial charge in [0.2, 0.25) is 5.95 Å². The van der Waals surface area contributed by atoms with Crippen LogP contribution in [-0.4, -0.2) is 9.97 Å². The second-order valence-electron chi connectivity index (χ2n) is 2.84. The Kier molecular flexibility index (Phi) is 1.21. The Balaban J connectivity index is 2.39. The van der Waals surface area contributed by atoms with Crippen molar-refractivity contribution >= 4 is 11.8 Å². The van der Waals surface area contributed by atoms with Crippen molar-refractivity contribution in [3.8, 4) is 0 Å². The van der Waals surface area contributed by atoms with Crippen LogP contribution in [-0.2, 0) is 0 Å². The minimum absolute atomic E-state index is 0.256. The van der Waals surface area contributed by atoms with Crippen LogP contribution in [0.5, 0.6) is 0 Å². The van der Waals surface area contributed by atoms with E-state index in [2.05, 4.69) is 9.97 Å². The van der Waals surface area contributed by atoms with Crippen molar-refractivity contribution in [1.29, 1.82) is 0 Å². The number of hydrogen-bond donors (Lipinski definition) is 2. The first-order chi connectivity index (χ1) is 5.27. The molecule has 1 aromatic heterocycles. The van der Waals surface area contributed by atoms with Gasteiger partial charge >= 0.3 is 0 Å². The first-order valence-electron chi connectivity index (χ1n) is 3.65. The van der Waals surface area contributed by atoms with Crippen molar-refractivity contribution in [3.05, 3.63) is 11.8 Å². The minimum atomic E-state index is 0.256. The number of nitrogens with zero attached hydrogens (tertiary/aromatic N) is 2. The molecule has 11 heavy (non-hydrogen) atoms. The van der Waals surface area contributed by atoms with Gasteiger partial charge in [-0.3, -0.25) is 0 Å². The minimum Gasteiger partial charge on any atom is -0.383 e. The Hall–Kier alpha value is -1.32. The largest absolute Gasteiger partial charge is 0.383 e. The van der Waals surface area contributed by atoms with Crippen molar-refractivity contribution < 1.29 is 0 Å². The Labute approximate surface area is 64.6 Å². The van der Waals surface area contributed by atoms with Crippen LogP contribution in [0.4, 0.5) is 11.8 Å². The van der Waals surface area contributed by atoms with Gasteiger partial charge in [-0.25, -0.2) is 4.98 Å². The fourth-order valence-corrected chi connectivity index (χ4v) is 1.13. The molecule has 4 heteroatoms. The van der Waals surface area contributed by atoms with Gasteiger partial charge in [-0.2, -0.15) is 4.98 Å². The van der Waals surface area contributed by atoms with Gasteiger partial charge in [0.1, 0.15) is 5.82 Å². The first kappa shape index (κ1) is 6.39. The van der Waals surface area contributed by atoms with E-state index in [0.29, 0.717) is 11.7 Å². The summed E-state index contributed by atoms with van der Waals surface area (Å²) in [5.74, 6) is 1.39. The third kappa shape index (κ3) is 1.11. The van der Waals surface area contributed by atoms with E-state index in [0.717, 1.165) is 5.56 Å². The molecule has 1 fully saturated rings. The van der Waals surface area contributed by atoms with Gasteiger partial charge in [0.05, 0.1) is 0 Å². The molecule has 0 aliphatic heterocycles. The molecule has 0 radical (unpaired) electrons. The monoisotopic (exact) mass is 150 g/mol. The highest BCUT2D eigenvalue weighted by atomic mass is 15.0. The summed E-state index contributed by atoms with van der Waals surface area (Å²) in [6.45, 7) is 0. The van der Waals surface area contributed by atoms with Crippen LogP contribution in [0.3, 0.4) is 0 Å². The summed E-state index contributed by atoms with van der Waals surface area (Å²) in [6.07, 6.45) is 4.14. The lowest BCUT2D eigenvalue weighted by Gasteiger charge is -2.01. The van der Waals surface area contributed by atoms with E-state index in [-0.39, 0.29) is 5.95 Å². The average molecular weight is 150 g/mol. The van der Waals surface area contributed by atoms with Gasteiger partial charge in [0.15, 0.2) is 0 Å². The molecule has 4 nitrogen and oxygen atoms in total. The number of nitrogens with two attached hydrogens (primary N) is 2. The fraction of sp³-hybridized carbons (Fsp3) is 0.429. The van der Waals surface area contributed by atoms with Crippen LogP contribution >= 0.6 is 0 Å². The Morgan fingerprint density at radius 3 is 2.64 bits per heavy atom. The highest BCUT2D eigenvalue weighted by Gasteiger charge is 2.26. The summed E-state index contributed by atoms with van der Waals surface area (Å²) >= 11 is 0. The van der Waals surface area contributed by atoms with E-state index in [4.69, 9.17) is 11.5 Å². The van der Waals surface area contributed by atoms with Crippen LogP contribution in [0, 0.1) is 0 Å². The highest BCUT2D eigenvalue weighted by molar-refractivity contribution is 5.45. The first-order valence-corrected chi connectivity index (χ1v) is 3.65. The van der Waals surface area contributed by atoms with Gasteiger partial charge in [0, 0.05) is 11.8 Å².